The van der Waals surface area contributed by atoms with Crippen LogP contribution in [-0.2, 0) is 9.59 Å². The molecule has 0 unspecified atom stereocenters. The third-order valence-electron chi connectivity index (χ3n) is 9.50. The van der Waals surface area contributed by atoms with Gasteiger partial charge in [0, 0.05) is 50.5 Å². The van der Waals surface area contributed by atoms with Gasteiger partial charge in [0.05, 0.1) is 61.6 Å². The molecule has 2 saturated heterocycles. The van der Waals surface area contributed by atoms with Gasteiger partial charge in [-0.15, -0.1) is 0 Å². The lowest BCUT2D eigenvalue weighted by molar-refractivity contribution is -0.385. The van der Waals surface area contributed by atoms with Crippen LogP contribution >= 0.6 is 0 Å². The van der Waals surface area contributed by atoms with Gasteiger partial charge in [-0.25, -0.2) is 0 Å². The van der Waals surface area contributed by atoms with E-state index in [4.69, 9.17) is 18.9 Å². The van der Waals surface area contributed by atoms with E-state index in [0.717, 1.165) is 25.7 Å². The van der Waals surface area contributed by atoms with Crippen LogP contribution in [0.15, 0.2) is 24.3 Å². The van der Waals surface area contributed by atoms with Gasteiger partial charge in [0.2, 0.25) is 0 Å². The molecule has 17 heteroatoms. The zero-order valence-electron chi connectivity index (χ0n) is 32.4. The predicted octanol–water partition coefficient (Wildman–Crippen LogP) is 5.70. The van der Waals surface area contributed by atoms with Crippen LogP contribution in [-0.4, -0.2) is 107 Å². The quantitative estimate of drug-likeness (QED) is 0.123. The van der Waals surface area contributed by atoms with Gasteiger partial charge in [0.1, 0.15) is 16.9 Å². The van der Waals surface area contributed by atoms with Crippen molar-refractivity contribution in [1.82, 2.24) is 9.80 Å². The zero-order chi connectivity index (χ0) is 40.8. The van der Waals surface area contributed by atoms with Crippen molar-refractivity contribution in [3.8, 4) is 23.0 Å². The van der Waals surface area contributed by atoms with E-state index >= 15 is 0 Å². The summed E-state index contributed by atoms with van der Waals surface area (Å²) in [5, 5.41) is 33.0. The SMILES string of the molecule is CCCCOc1cc([N+](=O)[O-])c(C(=O)N2CCC(=O)C[C@H]2CC)cc1OC.CCCCOc1cc([N+](=O)[O-])c(C(=O)N2CC[C@H](O)C[C@H]2C(C)=O)cc1OC. The summed E-state index contributed by atoms with van der Waals surface area (Å²) in [6.07, 6.45) is 4.30. The number of ketones is 2. The molecular formula is C38H52N4O13. The second-order valence-corrected chi connectivity index (χ2v) is 13.3. The highest BCUT2D eigenvalue weighted by Gasteiger charge is 2.38. The minimum absolute atomic E-state index is 0.0486. The summed E-state index contributed by atoms with van der Waals surface area (Å²) >= 11 is 0. The maximum absolute atomic E-state index is 13.1. The fourth-order valence-corrected chi connectivity index (χ4v) is 6.36. The average Bonchev–Trinajstić information content (AvgIpc) is 3.17. The lowest BCUT2D eigenvalue weighted by Gasteiger charge is -2.36. The van der Waals surface area contributed by atoms with Crippen LogP contribution in [0.5, 0.6) is 23.0 Å². The number of aliphatic hydroxyl groups is 1. The summed E-state index contributed by atoms with van der Waals surface area (Å²) in [5.74, 6) is -0.343. The summed E-state index contributed by atoms with van der Waals surface area (Å²) in [6, 6.07) is 4.02. The molecule has 2 aromatic rings. The number of likely N-dealkylation sites (tertiary alicyclic amines) is 2. The Hall–Kier alpha value is -5.32. The number of nitro groups is 2. The Bertz CT molecular complexity index is 1720. The van der Waals surface area contributed by atoms with Crippen LogP contribution in [0.2, 0.25) is 0 Å². The average molecular weight is 773 g/mol. The first kappa shape index (κ1) is 44.1. The van der Waals surface area contributed by atoms with Crippen molar-refractivity contribution in [3.63, 3.8) is 0 Å². The molecular weight excluding hydrogens is 720 g/mol. The predicted molar refractivity (Wildman–Crippen MR) is 200 cm³/mol. The Balaban J connectivity index is 0.000000296. The Morgan fingerprint density at radius 3 is 1.71 bits per heavy atom. The van der Waals surface area contributed by atoms with Gasteiger partial charge in [0.15, 0.2) is 28.8 Å². The number of nitrogens with zero attached hydrogens (tertiary/aromatic N) is 4. The molecule has 17 nitrogen and oxygen atoms in total. The number of hydrogen-bond acceptors (Lipinski definition) is 13. The first-order valence-electron chi connectivity index (χ1n) is 18.5. The van der Waals surface area contributed by atoms with Crippen molar-refractivity contribution in [3.05, 3.63) is 55.6 Å². The van der Waals surface area contributed by atoms with Crippen LogP contribution < -0.4 is 18.9 Å². The number of benzene rings is 2. The lowest BCUT2D eigenvalue weighted by atomic mass is 9.95. The molecule has 0 bridgehead atoms. The summed E-state index contributed by atoms with van der Waals surface area (Å²) in [7, 11) is 2.81. The van der Waals surface area contributed by atoms with Crippen LogP contribution in [0.4, 0.5) is 11.4 Å². The number of rotatable bonds is 16. The number of Topliss-reactive ketones (excluding diaryl/α,β-unsaturated/α-hetero) is 2. The third-order valence-corrected chi connectivity index (χ3v) is 9.50. The number of carbonyl (C=O) groups excluding carboxylic acids is 4. The topological polar surface area (TPSA) is 218 Å². The highest BCUT2D eigenvalue weighted by Crippen LogP contribution is 2.38. The van der Waals surface area contributed by atoms with Gasteiger partial charge in [-0.05, 0) is 32.6 Å². The Morgan fingerprint density at radius 1 is 0.800 bits per heavy atom. The van der Waals surface area contributed by atoms with Crippen molar-refractivity contribution in [2.45, 2.75) is 104 Å². The van der Waals surface area contributed by atoms with E-state index in [1.165, 1.54) is 50.3 Å². The molecule has 2 aliphatic heterocycles. The van der Waals surface area contributed by atoms with Gasteiger partial charge in [-0.2, -0.15) is 0 Å². The highest BCUT2D eigenvalue weighted by molar-refractivity contribution is 6.02. The molecule has 2 aliphatic rings. The maximum atomic E-state index is 13.1. The van der Waals surface area contributed by atoms with E-state index in [1.54, 1.807) is 4.90 Å². The second kappa shape index (κ2) is 21.0. The minimum atomic E-state index is -0.817. The van der Waals surface area contributed by atoms with E-state index < -0.39 is 39.5 Å². The molecule has 0 aliphatic carbocycles. The molecule has 2 amide bonds. The number of unbranched alkanes of at least 4 members (excludes halogenated alkanes) is 2. The van der Waals surface area contributed by atoms with Gasteiger partial charge >= 0.3 is 0 Å². The smallest absolute Gasteiger partial charge is 0.286 e. The number of methoxy groups -OCH3 is 2. The number of hydrogen-bond donors (Lipinski definition) is 1. The molecule has 55 heavy (non-hydrogen) atoms. The largest absolute Gasteiger partial charge is 0.493 e. The van der Waals surface area contributed by atoms with Gasteiger partial charge in [-0.3, -0.25) is 39.4 Å². The van der Waals surface area contributed by atoms with E-state index in [1.807, 2.05) is 20.8 Å². The third kappa shape index (κ3) is 11.3. The Labute approximate surface area is 320 Å². The van der Waals surface area contributed by atoms with Crippen molar-refractivity contribution in [2.75, 3.05) is 40.5 Å². The standard InChI is InChI=1S/C19H26N2O7.C19H26N2O6/c1-4-5-8-28-18-11-16(21(25)26)14(10-17(18)27-3)19(24)20-7-6-13(23)9-15(20)12(2)22;1-4-6-9-27-18-12-16(21(24)25)15(11-17(18)26-3)19(23)20-8-7-14(22)10-13(20)5-2/h10-11,13,15,23H,4-9H2,1-3H3;11-13H,4-10H2,1-3H3/t13-,15-;13-/m01/s1. The van der Waals surface area contributed by atoms with Gasteiger partial charge < -0.3 is 33.9 Å². The van der Waals surface area contributed by atoms with Crippen molar-refractivity contribution < 1.29 is 53.1 Å². The van der Waals surface area contributed by atoms with Crippen molar-refractivity contribution in [2.24, 2.45) is 0 Å². The summed E-state index contributed by atoms with van der Waals surface area (Å²) in [5.41, 5.74) is -0.954. The molecule has 2 heterocycles. The van der Waals surface area contributed by atoms with E-state index in [9.17, 15) is 44.5 Å². The number of aliphatic hydroxyl groups excluding tert-OH is 1. The molecule has 3 atom stereocenters. The van der Waals surface area contributed by atoms with Crippen LogP contribution in [0.3, 0.4) is 0 Å². The number of piperidine rings is 2. The lowest BCUT2D eigenvalue weighted by Crippen LogP contribution is -2.50. The highest BCUT2D eigenvalue weighted by atomic mass is 16.6. The van der Waals surface area contributed by atoms with E-state index in [2.05, 4.69) is 0 Å². The summed E-state index contributed by atoms with van der Waals surface area (Å²) in [4.78, 5) is 74.6. The van der Waals surface area contributed by atoms with Gasteiger partial charge in [-0.1, -0.05) is 33.6 Å². The van der Waals surface area contributed by atoms with Gasteiger partial charge in [0.25, 0.3) is 23.2 Å². The first-order chi connectivity index (χ1) is 26.2. The normalized spacial score (nSPS) is 18.1. The monoisotopic (exact) mass is 772 g/mol. The Morgan fingerprint density at radius 2 is 1.29 bits per heavy atom. The van der Waals surface area contributed by atoms with Crippen LogP contribution in [0, 0.1) is 20.2 Å². The summed E-state index contributed by atoms with van der Waals surface area (Å²) < 4.78 is 21.7. The fraction of sp³-hybridized carbons (Fsp3) is 0.579. The molecule has 2 fully saturated rings. The van der Waals surface area contributed by atoms with Crippen molar-refractivity contribution >= 4 is 34.8 Å². The van der Waals surface area contributed by atoms with E-state index in [0.29, 0.717) is 26.1 Å². The van der Waals surface area contributed by atoms with Crippen LogP contribution in [0.1, 0.15) is 106 Å². The molecule has 0 aromatic heterocycles. The van der Waals surface area contributed by atoms with Crippen molar-refractivity contribution in [1.29, 1.82) is 0 Å². The molecule has 302 valence electrons. The fourth-order valence-electron chi connectivity index (χ4n) is 6.36. The molecule has 0 spiro atoms. The minimum Gasteiger partial charge on any atom is -0.493 e. The van der Waals surface area contributed by atoms with E-state index in [-0.39, 0.29) is 89.8 Å². The number of ether oxygens (including phenoxy) is 4. The molecule has 2 aromatic carbocycles. The second-order valence-electron chi connectivity index (χ2n) is 13.3. The molecule has 1 N–H and O–H groups in total. The molecule has 0 saturated carbocycles. The maximum Gasteiger partial charge on any atom is 0.286 e. The summed E-state index contributed by atoms with van der Waals surface area (Å²) in [6.45, 7) is 8.41. The zero-order valence-corrected chi connectivity index (χ0v) is 32.4. The first-order valence-corrected chi connectivity index (χ1v) is 18.5. The number of carbonyl (C=O) groups is 4. The Kier molecular flexibility index (Phi) is 16.8. The number of nitro benzene ring substituents is 2. The number of amides is 2. The molecule has 4 rings (SSSR count). The molecule has 0 radical (unpaired) electrons. The van der Waals surface area contributed by atoms with Crippen LogP contribution in [0.25, 0.3) is 0 Å².